The molecule has 6 heteroatoms. The van der Waals surface area contributed by atoms with Gasteiger partial charge < -0.3 is 15.5 Å². The molecule has 30 heavy (non-hydrogen) atoms. The topological polar surface area (TPSA) is 60.0 Å². The summed E-state index contributed by atoms with van der Waals surface area (Å²) in [5.74, 6) is 1.60. The lowest BCUT2D eigenvalue weighted by atomic mass is 9.90. The van der Waals surface area contributed by atoms with E-state index < -0.39 is 0 Å². The summed E-state index contributed by atoms with van der Waals surface area (Å²) in [7, 11) is 1.78. The molecule has 0 aromatic heterocycles. The molecule has 2 atom stereocenters. The standard InChI is InChI=1S/C24H37N5O/c1-18-14-21(17-29(18)22-8-9-22)27-24(25-2)26-16-23(30)28-12-10-20(11-13-28)15-19-6-4-3-5-7-19/h3-7,18,20-22H,8-17H2,1-2H3,(H2,25,26,27). The van der Waals surface area contributed by atoms with Crippen molar-refractivity contribution in [3.8, 4) is 0 Å². The van der Waals surface area contributed by atoms with Gasteiger partial charge in [0.15, 0.2) is 5.96 Å². The smallest absolute Gasteiger partial charge is 0.241 e. The van der Waals surface area contributed by atoms with Crippen LogP contribution in [0.15, 0.2) is 35.3 Å². The fourth-order valence-corrected chi connectivity index (χ4v) is 5.07. The van der Waals surface area contributed by atoms with Gasteiger partial charge in [0.05, 0.1) is 6.54 Å². The lowest BCUT2D eigenvalue weighted by Crippen LogP contribution is -2.49. The molecule has 1 saturated carbocycles. The molecule has 1 amide bonds. The number of aliphatic imine (C=N–C) groups is 1. The Bertz CT molecular complexity index is 724. The summed E-state index contributed by atoms with van der Waals surface area (Å²) in [4.78, 5) is 21.7. The first-order chi connectivity index (χ1) is 14.6. The van der Waals surface area contributed by atoms with Crippen molar-refractivity contribution in [2.24, 2.45) is 10.9 Å². The van der Waals surface area contributed by atoms with E-state index in [1.54, 1.807) is 7.05 Å². The summed E-state index contributed by atoms with van der Waals surface area (Å²) >= 11 is 0. The number of carbonyl (C=O) groups excluding carboxylic acids is 1. The normalized spacial score (nSPS) is 26.1. The van der Waals surface area contributed by atoms with Gasteiger partial charge in [0.25, 0.3) is 0 Å². The minimum Gasteiger partial charge on any atom is -0.352 e. The maximum absolute atomic E-state index is 12.7. The Hall–Kier alpha value is -2.08. The summed E-state index contributed by atoms with van der Waals surface area (Å²) in [6.45, 7) is 5.44. The Kier molecular flexibility index (Phi) is 6.93. The van der Waals surface area contributed by atoms with Crippen LogP contribution in [0.5, 0.6) is 0 Å². The van der Waals surface area contributed by atoms with Crippen molar-refractivity contribution in [2.45, 2.75) is 63.6 Å². The molecule has 1 aliphatic carbocycles. The second kappa shape index (κ2) is 9.82. The van der Waals surface area contributed by atoms with E-state index in [-0.39, 0.29) is 5.91 Å². The van der Waals surface area contributed by atoms with Crippen LogP contribution in [-0.2, 0) is 11.2 Å². The highest BCUT2D eigenvalue weighted by Crippen LogP contribution is 2.33. The predicted molar refractivity (Wildman–Crippen MR) is 122 cm³/mol. The Morgan fingerprint density at radius 1 is 1.13 bits per heavy atom. The highest BCUT2D eigenvalue weighted by Gasteiger charge is 2.39. The van der Waals surface area contributed by atoms with E-state index in [0.29, 0.717) is 24.5 Å². The first-order valence-corrected chi connectivity index (χ1v) is 11.7. The number of hydrogen-bond acceptors (Lipinski definition) is 3. The van der Waals surface area contributed by atoms with E-state index >= 15 is 0 Å². The van der Waals surface area contributed by atoms with Crippen LogP contribution >= 0.6 is 0 Å². The number of guanidine groups is 1. The molecule has 3 aliphatic rings. The van der Waals surface area contributed by atoms with Crippen LogP contribution in [0.1, 0.15) is 44.6 Å². The van der Waals surface area contributed by atoms with Crippen molar-refractivity contribution in [1.82, 2.24) is 20.4 Å². The van der Waals surface area contributed by atoms with E-state index in [9.17, 15) is 4.79 Å². The number of piperidine rings is 1. The zero-order valence-corrected chi connectivity index (χ0v) is 18.5. The molecule has 2 saturated heterocycles. The number of hydrogen-bond donors (Lipinski definition) is 2. The van der Waals surface area contributed by atoms with Crippen LogP contribution in [0.25, 0.3) is 0 Å². The molecular weight excluding hydrogens is 374 g/mol. The Morgan fingerprint density at radius 3 is 2.53 bits per heavy atom. The maximum Gasteiger partial charge on any atom is 0.241 e. The molecule has 1 aromatic rings. The SMILES string of the molecule is CN=C(NCC(=O)N1CCC(Cc2ccccc2)CC1)NC1CC(C)N(C2CC2)C1. The Labute approximate surface area is 181 Å². The van der Waals surface area contributed by atoms with Crippen LogP contribution in [0.4, 0.5) is 0 Å². The summed E-state index contributed by atoms with van der Waals surface area (Å²) < 4.78 is 0. The summed E-state index contributed by atoms with van der Waals surface area (Å²) in [6, 6.07) is 12.5. The van der Waals surface area contributed by atoms with Gasteiger partial charge in [-0.2, -0.15) is 0 Å². The highest BCUT2D eigenvalue weighted by atomic mass is 16.2. The summed E-state index contributed by atoms with van der Waals surface area (Å²) in [5.41, 5.74) is 1.40. The van der Waals surface area contributed by atoms with Gasteiger partial charge in [0, 0.05) is 44.8 Å². The van der Waals surface area contributed by atoms with Gasteiger partial charge in [0.2, 0.25) is 5.91 Å². The van der Waals surface area contributed by atoms with Gasteiger partial charge >= 0.3 is 0 Å². The number of nitrogens with one attached hydrogen (secondary N) is 2. The number of likely N-dealkylation sites (tertiary alicyclic amines) is 2. The Morgan fingerprint density at radius 2 is 1.87 bits per heavy atom. The van der Waals surface area contributed by atoms with Crippen LogP contribution in [-0.4, -0.2) is 73.0 Å². The van der Waals surface area contributed by atoms with Gasteiger partial charge in [0.1, 0.15) is 0 Å². The highest BCUT2D eigenvalue weighted by molar-refractivity contribution is 5.86. The molecule has 2 heterocycles. The molecule has 4 rings (SSSR count). The molecule has 2 unspecified atom stereocenters. The van der Waals surface area contributed by atoms with Crippen LogP contribution in [0.2, 0.25) is 0 Å². The number of nitrogens with zero attached hydrogens (tertiary/aromatic N) is 3. The lowest BCUT2D eigenvalue weighted by Gasteiger charge is -2.32. The molecule has 0 radical (unpaired) electrons. The van der Waals surface area contributed by atoms with E-state index in [2.05, 4.69) is 57.8 Å². The zero-order valence-electron chi connectivity index (χ0n) is 18.5. The predicted octanol–water partition coefficient (Wildman–Crippen LogP) is 2.26. The first kappa shape index (κ1) is 21.2. The minimum atomic E-state index is 0.176. The quantitative estimate of drug-likeness (QED) is 0.557. The van der Waals surface area contributed by atoms with E-state index in [0.717, 1.165) is 57.3 Å². The average molecular weight is 412 g/mol. The summed E-state index contributed by atoms with van der Waals surface area (Å²) in [6.07, 6.45) is 7.13. The molecule has 0 bridgehead atoms. The first-order valence-electron chi connectivity index (χ1n) is 11.7. The van der Waals surface area contributed by atoms with Gasteiger partial charge in [-0.15, -0.1) is 0 Å². The van der Waals surface area contributed by atoms with E-state index in [1.165, 1.54) is 18.4 Å². The van der Waals surface area contributed by atoms with E-state index in [4.69, 9.17) is 0 Å². The second-order valence-electron chi connectivity index (χ2n) is 9.29. The second-order valence-corrected chi connectivity index (χ2v) is 9.29. The van der Waals surface area contributed by atoms with Crippen LogP contribution < -0.4 is 10.6 Å². The fraction of sp³-hybridized carbons (Fsp3) is 0.667. The van der Waals surface area contributed by atoms with E-state index in [1.807, 2.05) is 4.90 Å². The van der Waals surface area contributed by atoms with Gasteiger partial charge in [-0.1, -0.05) is 30.3 Å². The average Bonchev–Trinajstić information content (AvgIpc) is 3.54. The van der Waals surface area contributed by atoms with Crippen molar-refractivity contribution in [3.63, 3.8) is 0 Å². The minimum absolute atomic E-state index is 0.176. The Balaban J connectivity index is 1.17. The number of rotatable bonds is 6. The maximum atomic E-state index is 12.7. The monoisotopic (exact) mass is 411 g/mol. The largest absolute Gasteiger partial charge is 0.352 e. The third kappa shape index (κ3) is 5.54. The molecule has 3 fully saturated rings. The molecule has 6 nitrogen and oxygen atoms in total. The zero-order chi connectivity index (χ0) is 20.9. The van der Waals surface area contributed by atoms with Crippen molar-refractivity contribution in [1.29, 1.82) is 0 Å². The molecule has 2 N–H and O–H groups in total. The number of carbonyl (C=O) groups is 1. The van der Waals surface area contributed by atoms with Gasteiger partial charge in [-0.3, -0.25) is 14.7 Å². The van der Waals surface area contributed by atoms with Gasteiger partial charge in [-0.05, 0) is 56.9 Å². The summed E-state index contributed by atoms with van der Waals surface area (Å²) in [5, 5.41) is 6.78. The van der Waals surface area contributed by atoms with Gasteiger partial charge in [-0.25, -0.2) is 0 Å². The third-order valence-electron chi connectivity index (χ3n) is 6.94. The van der Waals surface area contributed by atoms with Crippen molar-refractivity contribution in [2.75, 3.05) is 33.2 Å². The van der Waals surface area contributed by atoms with Crippen molar-refractivity contribution >= 4 is 11.9 Å². The molecule has 164 valence electrons. The molecular formula is C24H37N5O. The number of amides is 1. The third-order valence-corrected chi connectivity index (χ3v) is 6.94. The molecule has 2 aliphatic heterocycles. The molecule has 0 spiro atoms. The lowest BCUT2D eigenvalue weighted by molar-refractivity contribution is -0.131. The molecule has 1 aromatic carbocycles. The van der Waals surface area contributed by atoms with Crippen LogP contribution in [0.3, 0.4) is 0 Å². The number of benzene rings is 1. The van der Waals surface area contributed by atoms with Crippen molar-refractivity contribution < 1.29 is 4.79 Å². The fourth-order valence-electron chi connectivity index (χ4n) is 5.07. The van der Waals surface area contributed by atoms with Crippen LogP contribution in [0, 0.1) is 5.92 Å². The van der Waals surface area contributed by atoms with Crippen molar-refractivity contribution in [3.05, 3.63) is 35.9 Å².